The Balaban J connectivity index is 1.37. The van der Waals surface area contributed by atoms with Crippen LogP contribution in [-0.2, 0) is 0 Å². The van der Waals surface area contributed by atoms with E-state index in [2.05, 4.69) is 22.1 Å². The zero-order valence-corrected chi connectivity index (χ0v) is 19.5. The number of carbonyl (C=O) groups excluding carboxylic acids is 1. The molecule has 2 aliphatic rings. The molecule has 6 heteroatoms. The van der Waals surface area contributed by atoms with Gasteiger partial charge in [-0.2, -0.15) is 5.26 Å². The van der Waals surface area contributed by atoms with E-state index in [1.165, 1.54) is 30.4 Å². The van der Waals surface area contributed by atoms with Crippen LogP contribution in [0.25, 0.3) is 11.4 Å². The number of nitrogens with zero attached hydrogens (tertiary/aromatic N) is 3. The van der Waals surface area contributed by atoms with Crippen LogP contribution in [0.2, 0.25) is 5.15 Å². The van der Waals surface area contributed by atoms with E-state index in [0.717, 1.165) is 48.4 Å². The molecule has 1 saturated carbocycles. The van der Waals surface area contributed by atoms with E-state index in [9.17, 15) is 4.79 Å². The number of carbonyl (C=O) groups is 1. The van der Waals surface area contributed by atoms with Crippen molar-refractivity contribution in [1.82, 2.24) is 14.9 Å². The Morgan fingerprint density at radius 2 is 1.82 bits per heavy atom. The second-order valence-electron chi connectivity index (χ2n) is 9.21. The first-order chi connectivity index (χ1) is 16.0. The van der Waals surface area contributed by atoms with Gasteiger partial charge in [0.1, 0.15) is 11.0 Å². The molecule has 0 spiro atoms. The fourth-order valence-corrected chi connectivity index (χ4v) is 5.32. The third-order valence-corrected chi connectivity index (χ3v) is 7.54. The lowest BCUT2D eigenvalue weighted by atomic mass is 9.76. The van der Waals surface area contributed by atoms with Crippen molar-refractivity contribution in [3.63, 3.8) is 0 Å². The van der Waals surface area contributed by atoms with E-state index in [-0.39, 0.29) is 5.91 Å². The largest absolute Gasteiger partial charge is 0.339 e. The number of hydrogen-bond acceptors (Lipinski definition) is 3. The number of amides is 1. The Bertz CT molecular complexity index is 1210. The van der Waals surface area contributed by atoms with Gasteiger partial charge in [0.25, 0.3) is 5.91 Å². The van der Waals surface area contributed by atoms with Crippen LogP contribution in [-0.4, -0.2) is 33.9 Å². The Kier molecular flexibility index (Phi) is 5.95. The molecule has 1 aromatic heterocycles. The van der Waals surface area contributed by atoms with E-state index < -0.39 is 0 Å². The second-order valence-corrected chi connectivity index (χ2v) is 9.62. The minimum Gasteiger partial charge on any atom is -0.339 e. The molecule has 5 rings (SSSR count). The molecule has 3 aromatic rings. The summed E-state index contributed by atoms with van der Waals surface area (Å²) in [7, 11) is 0. The van der Waals surface area contributed by atoms with Crippen LogP contribution in [0.4, 0.5) is 0 Å². The number of rotatable bonds is 4. The van der Waals surface area contributed by atoms with Gasteiger partial charge in [0, 0.05) is 24.2 Å². The molecule has 1 amide bonds. The van der Waals surface area contributed by atoms with Crippen LogP contribution < -0.4 is 0 Å². The summed E-state index contributed by atoms with van der Waals surface area (Å²) in [5.74, 6) is 1.78. The fourth-order valence-electron chi connectivity index (χ4n) is 5.18. The van der Waals surface area contributed by atoms with Crippen molar-refractivity contribution in [3.8, 4) is 17.5 Å². The van der Waals surface area contributed by atoms with Gasteiger partial charge in [0.05, 0.1) is 17.8 Å². The highest BCUT2D eigenvalue weighted by Gasteiger charge is 2.29. The van der Waals surface area contributed by atoms with Crippen LogP contribution in [0, 0.1) is 18.3 Å². The quantitative estimate of drug-likeness (QED) is 0.506. The van der Waals surface area contributed by atoms with Gasteiger partial charge in [-0.3, -0.25) is 4.79 Å². The smallest absolute Gasteiger partial charge is 0.254 e. The number of piperidine rings is 1. The normalized spacial score (nSPS) is 16.9. The standard InChI is InChI=1S/C27H27ClN4O/c1-17-22(9-10-23(21-3-2-4-21)25(17)26-30-16-24(28)31-26)27(33)32-13-11-20(12-14-32)19-7-5-18(15-29)6-8-19/h5-10,16,20-21H,2-4,11-14H2,1H3,(H,30,31). The molecule has 33 heavy (non-hydrogen) atoms. The number of nitrogens with one attached hydrogen (secondary N) is 1. The highest BCUT2D eigenvalue weighted by Crippen LogP contribution is 2.43. The van der Waals surface area contributed by atoms with Gasteiger partial charge in [0.2, 0.25) is 0 Å². The highest BCUT2D eigenvalue weighted by molar-refractivity contribution is 6.29. The summed E-state index contributed by atoms with van der Waals surface area (Å²) in [6.07, 6.45) is 7.09. The zero-order chi connectivity index (χ0) is 22.9. The second kappa shape index (κ2) is 9.03. The lowest BCUT2D eigenvalue weighted by molar-refractivity contribution is 0.0712. The molecule has 1 N–H and O–H groups in total. The average Bonchev–Trinajstić information content (AvgIpc) is 3.23. The van der Waals surface area contributed by atoms with Crippen molar-refractivity contribution in [2.75, 3.05) is 13.1 Å². The average molecular weight is 459 g/mol. The molecule has 2 heterocycles. The molecule has 168 valence electrons. The number of nitriles is 1. The van der Waals surface area contributed by atoms with Gasteiger partial charge >= 0.3 is 0 Å². The highest BCUT2D eigenvalue weighted by atomic mass is 35.5. The number of aromatic amines is 1. The van der Waals surface area contributed by atoms with E-state index in [0.29, 0.717) is 22.6 Å². The maximum atomic E-state index is 13.5. The van der Waals surface area contributed by atoms with E-state index in [1.54, 1.807) is 6.20 Å². The number of imidazole rings is 1. The number of H-pyrrole nitrogens is 1. The summed E-state index contributed by atoms with van der Waals surface area (Å²) < 4.78 is 0. The summed E-state index contributed by atoms with van der Waals surface area (Å²) in [4.78, 5) is 23.2. The van der Waals surface area contributed by atoms with Crippen LogP contribution in [0.15, 0.2) is 42.6 Å². The first-order valence-electron chi connectivity index (χ1n) is 11.7. The number of benzene rings is 2. The molecule has 2 aromatic carbocycles. The molecular formula is C27H27ClN4O. The monoisotopic (exact) mass is 458 g/mol. The maximum Gasteiger partial charge on any atom is 0.254 e. The van der Waals surface area contributed by atoms with E-state index >= 15 is 0 Å². The summed E-state index contributed by atoms with van der Waals surface area (Å²) in [6, 6.07) is 14.1. The van der Waals surface area contributed by atoms with Crippen LogP contribution in [0.5, 0.6) is 0 Å². The third-order valence-electron chi connectivity index (χ3n) is 7.35. The van der Waals surface area contributed by atoms with Crippen molar-refractivity contribution in [3.05, 3.63) is 75.6 Å². The van der Waals surface area contributed by atoms with Gasteiger partial charge < -0.3 is 9.88 Å². The Labute approximate surface area is 199 Å². The predicted molar refractivity (Wildman–Crippen MR) is 129 cm³/mol. The minimum atomic E-state index is 0.0878. The molecule has 1 saturated heterocycles. The number of hydrogen-bond donors (Lipinski definition) is 1. The predicted octanol–water partition coefficient (Wildman–Crippen LogP) is 6.20. The molecule has 5 nitrogen and oxygen atoms in total. The minimum absolute atomic E-state index is 0.0878. The van der Waals surface area contributed by atoms with Gasteiger partial charge in [-0.25, -0.2) is 4.98 Å². The molecule has 1 aliphatic heterocycles. The maximum absolute atomic E-state index is 13.5. The molecule has 0 bridgehead atoms. The van der Waals surface area contributed by atoms with E-state index in [1.807, 2.05) is 42.2 Å². The Morgan fingerprint density at radius 1 is 1.09 bits per heavy atom. The van der Waals surface area contributed by atoms with Crippen molar-refractivity contribution >= 4 is 17.5 Å². The number of halogens is 1. The molecule has 2 fully saturated rings. The lowest BCUT2D eigenvalue weighted by Gasteiger charge is -2.33. The molecule has 1 aliphatic carbocycles. The van der Waals surface area contributed by atoms with Gasteiger partial charge in [-0.15, -0.1) is 0 Å². The van der Waals surface area contributed by atoms with Gasteiger partial charge in [-0.05, 0) is 79.3 Å². The lowest BCUT2D eigenvalue weighted by Crippen LogP contribution is -2.38. The van der Waals surface area contributed by atoms with Crippen LogP contribution >= 0.6 is 11.6 Å². The summed E-state index contributed by atoms with van der Waals surface area (Å²) >= 11 is 6.14. The van der Waals surface area contributed by atoms with Crippen molar-refractivity contribution in [2.24, 2.45) is 0 Å². The SMILES string of the molecule is Cc1c(C(=O)N2CCC(c3ccc(C#N)cc3)CC2)ccc(C2CCC2)c1-c1ncc(Cl)[nH]1. The van der Waals surface area contributed by atoms with Gasteiger partial charge in [-0.1, -0.05) is 36.2 Å². The van der Waals surface area contributed by atoms with E-state index in [4.69, 9.17) is 16.9 Å². The third kappa shape index (κ3) is 4.16. The Morgan fingerprint density at radius 3 is 2.39 bits per heavy atom. The van der Waals surface area contributed by atoms with Gasteiger partial charge in [0.15, 0.2) is 0 Å². The molecule has 0 atom stereocenters. The first kappa shape index (κ1) is 21.7. The zero-order valence-electron chi connectivity index (χ0n) is 18.8. The van der Waals surface area contributed by atoms with Crippen molar-refractivity contribution in [1.29, 1.82) is 5.26 Å². The summed E-state index contributed by atoms with van der Waals surface area (Å²) in [6.45, 7) is 3.50. The molecular weight excluding hydrogens is 432 g/mol. The van der Waals surface area contributed by atoms with Crippen molar-refractivity contribution < 1.29 is 4.79 Å². The first-order valence-corrected chi connectivity index (χ1v) is 12.1. The topological polar surface area (TPSA) is 72.8 Å². The fraction of sp³-hybridized carbons (Fsp3) is 0.370. The molecule has 0 radical (unpaired) electrons. The van der Waals surface area contributed by atoms with Crippen molar-refractivity contribution in [2.45, 2.75) is 50.9 Å². The van der Waals surface area contributed by atoms with Crippen LogP contribution in [0.3, 0.4) is 0 Å². The number of likely N-dealkylation sites (tertiary alicyclic amines) is 1. The number of aromatic nitrogens is 2. The molecule has 0 unspecified atom stereocenters. The Hall–Kier alpha value is -3.10. The van der Waals surface area contributed by atoms with Crippen LogP contribution in [0.1, 0.15) is 76.6 Å². The summed E-state index contributed by atoms with van der Waals surface area (Å²) in [5, 5.41) is 9.52. The summed E-state index contributed by atoms with van der Waals surface area (Å²) in [5.41, 5.74) is 5.95.